The Hall–Kier alpha value is -1.03. The molecule has 0 unspecified atom stereocenters. The Bertz CT molecular complexity index is 656. The van der Waals surface area contributed by atoms with Crippen LogP contribution in [0.3, 0.4) is 0 Å². The summed E-state index contributed by atoms with van der Waals surface area (Å²) in [5.74, 6) is 0.719. The first-order valence-electron chi connectivity index (χ1n) is 5.82. The van der Waals surface area contributed by atoms with Crippen LogP contribution in [0.15, 0.2) is 40.9 Å². The minimum Gasteiger partial charge on any atom is -0.496 e. The molecule has 0 bridgehead atoms. The molecule has 2 rings (SSSR count). The minimum absolute atomic E-state index is 0.0133. The van der Waals surface area contributed by atoms with Gasteiger partial charge in [-0.1, -0.05) is 29.3 Å². The predicted molar refractivity (Wildman–Crippen MR) is 85.2 cm³/mol. The average Bonchev–Trinajstić information content (AvgIpc) is 2.42. The molecular weight excluding hydrogens is 363 g/mol. The summed E-state index contributed by atoms with van der Waals surface area (Å²) >= 11 is 15.2. The van der Waals surface area contributed by atoms with Gasteiger partial charge in [-0.05, 0) is 51.8 Å². The maximum Gasteiger partial charge on any atom is 0.167 e. The second-order valence-corrected chi connectivity index (χ2v) is 5.87. The van der Waals surface area contributed by atoms with Gasteiger partial charge in [0.05, 0.1) is 21.6 Å². The molecule has 0 aliphatic rings. The fourth-order valence-electron chi connectivity index (χ4n) is 1.78. The number of carbonyl (C=O) groups excluding carboxylic acids is 1. The Balaban J connectivity index is 2.19. The van der Waals surface area contributed by atoms with E-state index < -0.39 is 0 Å². The number of hydrogen-bond acceptors (Lipinski definition) is 2. The van der Waals surface area contributed by atoms with Crippen LogP contribution in [0, 0.1) is 0 Å². The smallest absolute Gasteiger partial charge is 0.167 e. The number of Topliss-reactive ketones (excluding diaryl/α,β-unsaturated/α-hetero) is 1. The first-order valence-corrected chi connectivity index (χ1v) is 7.37. The number of carbonyl (C=O) groups is 1. The van der Waals surface area contributed by atoms with Crippen molar-refractivity contribution in [1.82, 2.24) is 0 Å². The van der Waals surface area contributed by atoms with E-state index in [-0.39, 0.29) is 5.78 Å². The van der Waals surface area contributed by atoms with E-state index in [0.29, 0.717) is 22.0 Å². The molecule has 0 amide bonds. The van der Waals surface area contributed by atoms with Crippen LogP contribution < -0.4 is 4.74 Å². The van der Waals surface area contributed by atoms with Crippen molar-refractivity contribution in [2.45, 2.75) is 6.42 Å². The van der Waals surface area contributed by atoms with Crippen LogP contribution in [-0.2, 0) is 6.42 Å². The quantitative estimate of drug-likeness (QED) is 0.689. The molecule has 0 saturated heterocycles. The Morgan fingerprint density at radius 3 is 2.50 bits per heavy atom. The highest BCUT2D eigenvalue weighted by atomic mass is 79.9. The maximum absolute atomic E-state index is 12.2. The number of ether oxygens (including phenoxy) is 1. The molecular formula is C15H11BrCl2O2. The summed E-state index contributed by atoms with van der Waals surface area (Å²) in [5.41, 5.74) is 1.44. The van der Waals surface area contributed by atoms with Crippen LogP contribution in [0.5, 0.6) is 5.75 Å². The van der Waals surface area contributed by atoms with E-state index in [1.54, 1.807) is 25.3 Å². The number of methoxy groups -OCH3 is 1. The van der Waals surface area contributed by atoms with E-state index in [1.165, 1.54) is 0 Å². The molecule has 0 aliphatic carbocycles. The molecule has 2 aromatic carbocycles. The van der Waals surface area contributed by atoms with Crippen molar-refractivity contribution in [3.05, 3.63) is 62.0 Å². The van der Waals surface area contributed by atoms with Gasteiger partial charge in [0.1, 0.15) is 5.75 Å². The Morgan fingerprint density at radius 1 is 1.15 bits per heavy atom. The first kappa shape index (κ1) is 15.4. The topological polar surface area (TPSA) is 26.3 Å². The van der Waals surface area contributed by atoms with E-state index in [2.05, 4.69) is 15.9 Å². The minimum atomic E-state index is -0.0133. The highest BCUT2D eigenvalue weighted by molar-refractivity contribution is 9.10. The van der Waals surface area contributed by atoms with Gasteiger partial charge < -0.3 is 4.74 Å². The summed E-state index contributed by atoms with van der Waals surface area (Å²) in [7, 11) is 1.60. The maximum atomic E-state index is 12.2. The second-order valence-electron chi connectivity index (χ2n) is 4.20. The molecule has 0 aromatic heterocycles. The lowest BCUT2D eigenvalue weighted by Gasteiger charge is -2.06. The molecule has 2 aromatic rings. The van der Waals surface area contributed by atoms with E-state index in [0.717, 1.165) is 15.8 Å². The van der Waals surface area contributed by atoms with Crippen molar-refractivity contribution in [3.8, 4) is 5.75 Å². The molecule has 0 aliphatic heterocycles. The number of ketones is 1. The summed E-state index contributed by atoms with van der Waals surface area (Å²) in [6.45, 7) is 0. The Morgan fingerprint density at radius 2 is 1.90 bits per heavy atom. The Labute approximate surface area is 135 Å². The third-order valence-corrected chi connectivity index (χ3v) is 4.18. The van der Waals surface area contributed by atoms with Crippen LogP contribution in [-0.4, -0.2) is 12.9 Å². The predicted octanol–water partition coefficient (Wildman–Crippen LogP) is 5.19. The largest absolute Gasteiger partial charge is 0.496 e. The fraction of sp³-hybridized carbons (Fsp3) is 0.133. The van der Waals surface area contributed by atoms with Crippen LogP contribution >= 0.6 is 39.1 Å². The van der Waals surface area contributed by atoms with Crippen molar-refractivity contribution in [3.63, 3.8) is 0 Å². The van der Waals surface area contributed by atoms with Crippen molar-refractivity contribution < 1.29 is 9.53 Å². The third-order valence-electron chi connectivity index (χ3n) is 2.82. The van der Waals surface area contributed by atoms with Crippen molar-refractivity contribution in [2.75, 3.05) is 7.11 Å². The van der Waals surface area contributed by atoms with Gasteiger partial charge in [-0.2, -0.15) is 0 Å². The van der Waals surface area contributed by atoms with Crippen molar-refractivity contribution in [1.29, 1.82) is 0 Å². The van der Waals surface area contributed by atoms with Gasteiger partial charge in [-0.25, -0.2) is 0 Å². The lowest BCUT2D eigenvalue weighted by atomic mass is 10.0. The van der Waals surface area contributed by atoms with Crippen molar-refractivity contribution >= 4 is 44.9 Å². The van der Waals surface area contributed by atoms with Gasteiger partial charge in [0, 0.05) is 12.0 Å². The zero-order valence-corrected chi connectivity index (χ0v) is 13.7. The molecule has 0 atom stereocenters. The van der Waals surface area contributed by atoms with E-state index in [9.17, 15) is 4.79 Å². The van der Waals surface area contributed by atoms with Gasteiger partial charge in [0.2, 0.25) is 0 Å². The van der Waals surface area contributed by atoms with E-state index in [1.807, 2.05) is 18.2 Å². The van der Waals surface area contributed by atoms with Gasteiger partial charge in [-0.3, -0.25) is 4.79 Å². The number of hydrogen-bond donors (Lipinski definition) is 0. The Kier molecular flexibility index (Phi) is 5.08. The third kappa shape index (κ3) is 3.54. The van der Waals surface area contributed by atoms with Gasteiger partial charge in [0.25, 0.3) is 0 Å². The van der Waals surface area contributed by atoms with Crippen molar-refractivity contribution in [2.24, 2.45) is 0 Å². The van der Waals surface area contributed by atoms with E-state index >= 15 is 0 Å². The van der Waals surface area contributed by atoms with Crippen LogP contribution in [0.25, 0.3) is 0 Å². The standard InChI is InChI=1S/C15H11BrCl2O2/c1-20-15-5-2-9(6-11(15)16)7-14(19)10-3-4-12(17)13(18)8-10/h2-6,8H,7H2,1H3. The van der Waals surface area contributed by atoms with Crippen LogP contribution in [0.2, 0.25) is 10.0 Å². The molecule has 0 fully saturated rings. The van der Waals surface area contributed by atoms with Gasteiger partial charge >= 0.3 is 0 Å². The summed E-state index contributed by atoms with van der Waals surface area (Å²) in [6, 6.07) is 10.4. The summed E-state index contributed by atoms with van der Waals surface area (Å²) in [6.07, 6.45) is 0.292. The molecule has 0 spiro atoms. The number of rotatable bonds is 4. The first-order chi connectivity index (χ1) is 9.51. The highest BCUT2D eigenvalue weighted by Crippen LogP contribution is 2.27. The van der Waals surface area contributed by atoms with E-state index in [4.69, 9.17) is 27.9 Å². The summed E-state index contributed by atoms with van der Waals surface area (Å²) in [4.78, 5) is 12.2. The summed E-state index contributed by atoms with van der Waals surface area (Å²) in [5, 5.41) is 0.823. The lowest BCUT2D eigenvalue weighted by Crippen LogP contribution is -2.03. The average molecular weight is 374 g/mol. The zero-order valence-electron chi connectivity index (χ0n) is 10.6. The SMILES string of the molecule is COc1ccc(CC(=O)c2ccc(Cl)c(Cl)c2)cc1Br. The van der Waals surface area contributed by atoms with Crippen LogP contribution in [0.4, 0.5) is 0 Å². The lowest BCUT2D eigenvalue weighted by molar-refractivity contribution is 0.0993. The van der Waals surface area contributed by atoms with Gasteiger partial charge in [0.15, 0.2) is 5.78 Å². The van der Waals surface area contributed by atoms with Gasteiger partial charge in [-0.15, -0.1) is 0 Å². The molecule has 0 radical (unpaired) electrons. The second kappa shape index (κ2) is 6.61. The molecule has 2 nitrogen and oxygen atoms in total. The molecule has 0 N–H and O–H groups in total. The van der Waals surface area contributed by atoms with Crippen LogP contribution in [0.1, 0.15) is 15.9 Å². The summed E-state index contributed by atoms with van der Waals surface area (Å²) < 4.78 is 5.97. The zero-order chi connectivity index (χ0) is 14.7. The highest BCUT2D eigenvalue weighted by Gasteiger charge is 2.10. The monoisotopic (exact) mass is 372 g/mol. The normalized spacial score (nSPS) is 10.4. The number of halogens is 3. The molecule has 0 saturated carbocycles. The molecule has 20 heavy (non-hydrogen) atoms. The molecule has 104 valence electrons. The molecule has 5 heteroatoms. The number of benzene rings is 2. The fourth-order valence-corrected chi connectivity index (χ4v) is 2.66. The molecule has 0 heterocycles.